The zero-order chi connectivity index (χ0) is 20.5. The number of aromatic nitrogens is 2. The fraction of sp³-hybridized carbons (Fsp3) is 0.227. The number of nitrogens with one attached hydrogen (secondary N) is 1. The van der Waals surface area contributed by atoms with Crippen molar-refractivity contribution >= 4 is 12.2 Å². The molecule has 150 valence electrons. The highest BCUT2D eigenvalue weighted by Crippen LogP contribution is 2.27. The Morgan fingerprint density at radius 1 is 1.03 bits per heavy atom. The van der Waals surface area contributed by atoms with E-state index in [0.717, 1.165) is 11.1 Å². The Morgan fingerprint density at radius 2 is 1.90 bits per heavy atom. The molecule has 1 aromatic heterocycles. The lowest BCUT2D eigenvalue weighted by Crippen LogP contribution is -2.05. The molecule has 0 saturated carbocycles. The second-order valence-corrected chi connectivity index (χ2v) is 6.29. The summed E-state index contributed by atoms with van der Waals surface area (Å²) < 4.78 is 16.3. The molecule has 0 saturated heterocycles. The van der Waals surface area contributed by atoms with E-state index in [4.69, 9.17) is 14.2 Å². The van der Waals surface area contributed by atoms with Crippen LogP contribution in [0.3, 0.4) is 0 Å². The summed E-state index contributed by atoms with van der Waals surface area (Å²) in [5.41, 5.74) is 6.08. The summed E-state index contributed by atoms with van der Waals surface area (Å²) in [6, 6.07) is 15.6. The van der Waals surface area contributed by atoms with Crippen LogP contribution in [0, 0.1) is 6.92 Å². The van der Waals surface area contributed by atoms with Crippen molar-refractivity contribution < 1.29 is 14.2 Å². The number of hydrazone groups is 1. The van der Waals surface area contributed by atoms with E-state index in [1.54, 1.807) is 32.7 Å². The Labute approximate surface area is 170 Å². The molecule has 0 amide bonds. The first kappa shape index (κ1) is 20.1. The molecule has 0 fully saturated rings. The maximum Gasteiger partial charge on any atom is 0.246 e. The van der Waals surface area contributed by atoms with Gasteiger partial charge in [0.2, 0.25) is 11.8 Å². The molecule has 1 heterocycles. The molecule has 3 rings (SSSR count). The smallest absolute Gasteiger partial charge is 0.246 e. The molecule has 0 aliphatic rings. The fourth-order valence-electron chi connectivity index (χ4n) is 2.70. The van der Waals surface area contributed by atoms with E-state index >= 15 is 0 Å². The van der Waals surface area contributed by atoms with Gasteiger partial charge in [-0.2, -0.15) is 10.1 Å². The van der Waals surface area contributed by atoms with Crippen molar-refractivity contribution in [2.24, 2.45) is 5.10 Å². The van der Waals surface area contributed by atoms with Gasteiger partial charge in [0.05, 0.1) is 27.0 Å². The molecule has 1 N–H and O–H groups in total. The van der Waals surface area contributed by atoms with Crippen molar-refractivity contribution in [3.05, 3.63) is 71.4 Å². The maximum atomic E-state index is 5.75. The van der Waals surface area contributed by atoms with Gasteiger partial charge >= 0.3 is 0 Å². The van der Waals surface area contributed by atoms with E-state index in [0.29, 0.717) is 36.4 Å². The van der Waals surface area contributed by atoms with Gasteiger partial charge in [0.15, 0.2) is 11.5 Å². The van der Waals surface area contributed by atoms with Gasteiger partial charge in [0.25, 0.3) is 0 Å². The van der Waals surface area contributed by atoms with E-state index < -0.39 is 0 Å². The summed E-state index contributed by atoms with van der Waals surface area (Å²) in [4.78, 5) is 8.46. The Bertz CT molecular complexity index is 976. The van der Waals surface area contributed by atoms with Crippen molar-refractivity contribution in [2.75, 3.05) is 26.3 Å². The van der Waals surface area contributed by atoms with Crippen molar-refractivity contribution in [1.82, 2.24) is 9.97 Å². The molecule has 0 spiro atoms. The molecule has 0 bridgehead atoms. The minimum Gasteiger partial charge on any atom is -0.493 e. The van der Waals surface area contributed by atoms with Gasteiger partial charge in [-0.25, -0.2) is 10.4 Å². The van der Waals surface area contributed by atoms with E-state index in [1.165, 1.54) is 5.56 Å². The van der Waals surface area contributed by atoms with Gasteiger partial charge in [-0.05, 0) is 30.2 Å². The number of nitrogens with zero attached hydrogens (tertiary/aromatic N) is 3. The summed E-state index contributed by atoms with van der Waals surface area (Å²) >= 11 is 0. The highest BCUT2D eigenvalue weighted by atomic mass is 16.5. The van der Waals surface area contributed by atoms with Crippen LogP contribution in [0.15, 0.2) is 59.8 Å². The number of anilines is 1. The molecule has 2 aromatic carbocycles. The van der Waals surface area contributed by atoms with Crippen LogP contribution >= 0.6 is 0 Å². The van der Waals surface area contributed by atoms with Crippen molar-refractivity contribution in [3.63, 3.8) is 0 Å². The molecule has 29 heavy (non-hydrogen) atoms. The second-order valence-electron chi connectivity index (χ2n) is 6.29. The summed E-state index contributed by atoms with van der Waals surface area (Å²) in [5.74, 6) is 2.26. The molecule has 0 radical (unpaired) electrons. The van der Waals surface area contributed by atoms with Crippen LogP contribution in [-0.4, -0.2) is 37.0 Å². The second kappa shape index (κ2) is 10.1. The SMILES string of the molecule is COc1ccc(CCOc2ccnc(N/N=C/c3cccc(C)c3)n2)cc1OC. The number of aryl methyl sites for hydroxylation is 1. The predicted molar refractivity (Wildman–Crippen MR) is 113 cm³/mol. The number of benzene rings is 2. The highest BCUT2D eigenvalue weighted by molar-refractivity contribution is 5.80. The number of rotatable bonds is 9. The van der Waals surface area contributed by atoms with Crippen LogP contribution in [0.4, 0.5) is 5.95 Å². The van der Waals surface area contributed by atoms with Crippen molar-refractivity contribution in [1.29, 1.82) is 0 Å². The normalized spacial score (nSPS) is 10.7. The summed E-state index contributed by atoms with van der Waals surface area (Å²) in [6.07, 6.45) is 4.06. The minimum absolute atomic E-state index is 0.373. The third-order valence-electron chi connectivity index (χ3n) is 4.14. The van der Waals surface area contributed by atoms with E-state index in [-0.39, 0.29) is 0 Å². The van der Waals surface area contributed by atoms with Crippen molar-refractivity contribution in [2.45, 2.75) is 13.3 Å². The van der Waals surface area contributed by atoms with Crippen LogP contribution in [-0.2, 0) is 6.42 Å². The molecular weight excluding hydrogens is 368 g/mol. The summed E-state index contributed by atoms with van der Waals surface area (Å²) in [7, 11) is 3.24. The van der Waals surface area contributed by atoms with Gasteiger partial charge in [-0.3, -0.25) is 0 Å². The van der Waals surface area contributed by atoms with Gasteiger partial charge in [-0.1, -0.05) is 35.9 Å². The van der Waals surface area contributed by atoms with Gasteiger partial charge in [0.1, 0.15) is 0 Å². The Kier molecular flexibility index (Phi) is 7.00. The van der Waals surface area contributed by atoms with Crippen LogP contribution in [0.2, 0.25) is 0 Å². The van der Waals surface area contributed by atoms with Gasteiger partial charge < -0.3 is 14.2 Å². The third kappa shape index (κ3) is 5.93. The first-order valence-corrected chi connectivity index (χ1v) is 9.20. The highest BCUT2D eigenvalue weighted by Gasteiger charge is 2.05. The predicted octanol–water partition coefficient (Wildman–Crippen LogP) is 3.87. The number of methoxy groups -OCH3 is 2. The lowest BCUT2D eigenvalue weighted by atomic mass is 10.1. The van der Waals surface area contributed by atoms with Crippen LogP contribution in [0.1, 0.15) is 16.7 Å². The first-order valence-electron chi connectivity index (χ1n) is 9.20. The maximum absolute atomic E-state index is 5.75. The number of hydrogen-bond acceptors (Lipinski definition) is 7. The molecule has 7 heteroatoms. The number of hydrogen-bond donors (Lipinski definition) is 1. The molecule has 0 aliphatic heterocycles. The van der Waals surface area contributed by atoms with Crippen LogP contribution in [0.25, 0.3) is 0 Å². The van der Waals surface area contributed by atoms with E-state index in [1.807, 2.05) is 49.4 Å². The lowest BCUT2D eigenvalue weighted by Gasteiger charge is -2.10. The standard InChI is InChI=1S/C22H24N4O3/c1-16-5-4-6-18(13-16)15-24-26-22-23-11-9-21(25-22)29-12-10-17-7-8-19(27-2)20(14-17)28-3/h4-9,11,13-15H,10,12H2,1-3H3,(H,23,25,26)/b24-15+. The Morgan fingerprint density at radius 3 is 2.69 bits per heavy atom. The van der Waals surface area contributed by atoms with Gasteiger partial charge in [-0.15, -0.1) is 0 Å². The fourth-order valence-corrected chi connectivity index (χ4v) is 2.70. The zero-order valence-corrected chi connectivity index (χ0v) is 16.8. The van der Waals surface area contributed by atoms with Crippen LogP contribution in [0.5, 0.6) is 17.4 Å². The monoisotopic (exact) mass is 392 g/mol. The Balaban J connectivity index is 1.53. The van der Waals surface area contributed by atoms with E-state index in [9.17, 15) is 0 Å². The molecule has 0 atom stereocenters. The first-order chi connectivity index (χ1) is 14.2. The molecule has 0 unspecified atom stereocenters. The molecule has 3 aromatic rings. The molecular formula is C22H24N4O3. The Hall–Kier alpha value is -3.61. The van der Waals surface area contributed by atoms with Crippen LogP contribution < -0.4 is 19.6 Å². The number of ether oxygens (including phenoxy) is 3. The minimum atomic E-state index is 0.373. The van der Waals surface area contributed by atoms with Crippen molar-refractivity contribution in [3.8, 4) is 17.4 Å². The van der Waals surface area contributed by atoms with Gasteiger partial charge in [0, 0.05) is 18.7 Å². The summed E-state index contributed by atoms with van der Waals surface area (Å²) in [6.45, 7) is 2.51. The average molecular weight is 392 g/mol. The topological polar surface area (TPSA) is 77.9 Å². The van der Waals surface area contributed by atoms with E-state index in [2.05, 4.69) is 20.5 Å². The molecule has 0 aliphatic carbocycles. The largest absolute Gasteiger partial charge is 0.493 e. The quantitative estimate of drug-likeness (QED) is 0.440. The zero-order valence-electron chi connectivity index (χ0n) is 16.8. The third-order valence-corrected chi connectivity index (χ3v) is 4.14. The lowest BCUT2D eigenvalue weighted by molar-refractivity contribution is 0.308. The average Bonchev–Trinajstić information content (AvgIpc) is 2.74. The summed E-state index contributed by atoms with van der Waals surface area (Å²) in [5, 5.41) is 4.18. The molecule has 7 nitrogen and oxygen atoms in total.